The lowest BCUT2D eigenvalue weighted by Crippen LogP contribution is -2.44. The van der Waals surface area contributed by atoms with Crippen LogP contribution in [0.4, 0.5) is 0 Å². The predicted octanol–water partition coefficient (Wildman–Crippen LogP) is 3.80. The minimum atomic E-state index is -0.0463. The van der Waals surface area contributed by atoms with Crippen LogP contribution in [0.5, 0.6) is 0 Å². The molecule has 3 rings (SSSR count). The molecule has 2 aliphatic heterocycles. The van der Waals surface area contributed by atoms with Crippen molar-refractivity contribution in [1.29, 1.82) is 0 Å². The van der Waals surface area contributed by atoms with Crippen molar-refractivity contribution in [2.45, 2.75) is 31.4 Å². The van der Waals surface area contributed by atoms with E-state index in [0.29, 0.717) is 0 Å². The number of hydrogen-bond donors (Lipinski definition) is 0. The van der Waals surface area contributed by atoms with Crippen molar-refractivity contribution in [2.24, 2.45) is 5.16 Å². The Morgan fingerprint density at radius 1 is 1.26 bits per heavy atom. The Hall–Kier alpha value is -0.580. The summed E-state index contributed by atoms with van der Waals surface area (Å²) < 4.78 is 0.943. The second-order valence-corrected chi connectivity index (χ2v) is 6.67. The van der Waals surface area contributed by atoms with Crippen molar-refractivity contribution < 1.29 is 4.84 Å². The highest BCUT2D eigenvalue weighted by Crippen LogP contribution is 2.36. The highest BCUT2D eigenvalue weighted by Gasteiger charge is 2.41. The van der Waals surface area contributed by atoms with E-state index in [9.17, 15) is 0 Å². The number of oxime groups is 1. The zero-order chi connectivity index (χ0) is 13.3. The summed E-state index contributed by atoms with van der Waals surface area (Å²) in [5.74, 6) is 0. The Kier molecular flexibility index (Phi) is 3.83. The maximum atomic E-state index is 5.90. The molecule has 1 fully saturated rings. The first kappa shape index (κ1) is 13.4. The SMILES string of the molecule is Clc1ccc(CN2CCC3(CC2)CC(Br)=NO3)cc1. The quantitative estimate of drug-likeness (QED) is 0.816. The lowest BCUT2D eigenvalue weighted by atomic mass is 9.89. The number of piperidine rings is 1. The number of likely N-dealkylation sites (tertiary alicyclic amines) is 1. The average molecular weight is 344 g/mol. The molecule has 0 radical (unpaired) electrons. The van der Waals surface area contributed by atoms with Crippen molar-refractivity contribution in [3.63, 3.8) is 0 Å². The normalized spacial score (nSPS) is 22.3. The van der Waals surface area contributed by atoms with E-state index in [2.05, 4.69) is 38.1 Å². The lowest BCUT2D eigenvalue weighted by Gasteiger charge is -2.37. The van der Waals surface area contributed by atoms with Crippen molar-refractivity contribution in [2.75, 3.05) is 13.1 Å². The van der Waals surface area contributed by atoms with Gasteiger partial charge in [-0.1, -0.05) is 28.9 Å². The molecule has 1 saturated heterocycles. The van der Waals surface area contributed by atoms with Crippen LogP contribution in [0.1, 0.15) is 24.8 Å². The van der Waals surface area contributed by atoms with Gasteiger partial charge in [0, 0.05) is 43.9 Å². The van der Waals surface area contributed by atoms with Gasteiger partial charge in [0.25, 0.3) is 0 Å². The molecule has 0 aliphatic carbocycles. The van der Waals surface area contributed by atoms with Gasteiger partial charge in [-0.05, 0) is 33.6 Å². The fourth-order valence-electron chi connectivity index (χ4n) is 2.71. The standard InChI is InChI=1S/C14H16BrClN2O/c15-13-9-14(19-17-13)5-7-18(8-6-14)10-11-1-3-12(16)4-2-11/h1-4H,5-10H2. The summed E-state index contributed by atoms with van der Waals surface area (Å²) >= 11 is 9.33. The zero-order valence-corrected chi connectivity index (χ0v) is 13.0. The molecule has 0 unspecified atom stereocenters. The van der Waals surface area contributed by atoms with Crippen LogP contribution in [0.25, 0.3) is 0 Å². The third-order valence-corrected chi connectivity index (χ3v) is 4.57. The van der Waals surface area contributed by atoms with Gasteiger partial charge in [-0.15, -0.1) is 0 Å². The summed E-state index contributed by atoms with van der Waals surface area (Å²) in [6.07, 6.45) is 3.00. The van der Waals surface area contributed by atoms with Crippen LogP contribution in [-0.4, -0.2) is 28.2 Å². The van der Waals surface area contributed by atoms with Gasteiger partial charge in [0.2, 0.25) is 0 Å². The molecule has 0 saturated carbocycles. The maximum absolute atomic E-state index is 5.90. The van der Waals surface area contributed by atoms with Crippen molar-refractivity contribution in [3.8, 4) is 0 Å². The molecule has 0 atom stereocenters. The second-order valence-electron chi connectivity index (χ2n) is 5.32. The zero-order valence-electron chi connectivity index (χ0n) is 10.6. The van der Waals surface area contributed by atoms with E-state index < -0.39 is 0 Å². The molecule has 0 aromatic heterocycles. The van der Waals surface area contributed by atoms with Crippen molar-refractivity contribution in [3.05, 3.63) is 34.9 Å². The number of hydrogen-bond acceptors (Lipinski definition) is 3. The molecule has 1 aromatic rings. The van der Waals surface area contributed by atoms with Crippen LogP contribution in [-0.2, 0) is 11.4 Å². The lowest BCUT2D eigenvalue weighted by molar-refractivity contribution is -0.0626. The average Bonchev–Trinajstić information content (AvgIpc) is 2.77. The van der Waals surface area contributed by atoms with E-state index in [1.54, 1.807) is 0 Å². The van der Waals surface area contributed by atoms with Gasteiger partial charge in [-0.25, -0.2) is 0 Å². The van der Waals surface area contributed by atoms with E-state index >= 15 is 0 Å². The molecule has 102 valence electrons. The third-order valence-electron chi connectivity index (χ3n) is 3.89. The minimum absolute atomic E-state index is 0.0463. The fraction of sp³-hybridized carbons (Fsp3) is 0.500. The Morgan fingerprint density at radius 2 is 1.95 bits per heavy atom. The Labute approximate surface area is 126 Å². The van der Waals surface area contributed by atoms with Crippen molar-refractivity contribution >= 4 is 32.2 Å². The van der Waals surface area contributed by atoms with Gasteiger partial charge in [-0.2, -0.15) is 0 Å². The number of rotatable bonds is 2. The summed E-state index contributed by atoms with van der Waals surface area (Å²) in [5.41, 5.74) is 1.26. The van der Waals surface area contributed by atoms with Crippen LogP contribution in [0.2, 0.25) is 5.02 Å². The van der Waals surface area contributed by atoms with Crippen molar-refractivity contribution in [1.82, 2.24) is 4.90 Å². The first-order valence-corrected chi connectivity index (χ1v) is 7.70. The van der Waals surface area contributed by atoms with Crippen LogP contribution >= 0.6 is 27.5 Å². The van der Waals surface area contributed by atoms with Crippen LogP contribution < -0.4 is 0 Å². The molecule has 2 aliphatic rings. The number of benzene rings is 1. The Bertz CT molecular complexity index is 481. The second kappa shape index (κ2) is 5.43. The van der Waals surface area contributed by atoms with E-state index in [0.717, 1.165) is 48.5 Å². The molecule has 0 amide bonds. The minimum Gasteiger partial charge on any atom is -0.388 e. The Balaban J connectivity index is 1.55. The van der Waals surface area contributed by atoms with Crippen LogP contribution in [0.3, 0.4) is 0 Å². The van der Waals surface area contributed by atoms with Gasteiger partial charge >= 0.3 is 0 Å². The molecule has 3 nitrogen and oxygen atoms in total. The van der Waals surface area contributed by atoms with E-state index in [4.69, 9.17) is 16.4 Å². The molecule has 0 bridgehead atoms. The summed E-state index contributed by atoms with van der Waals surface area (Å²) in [7, 11) is 0. The molecule has 19 heavy (non-hydrogen) atoms. The van der Waals surface area contributed by atoms with Gasteiger partial charge < -0.3 is 4.84 Å². The molecule has 5 heteroatoms. The summed E-state index contributed by atoms with van der Waals surface area (Å²) in [4.78, 5) is 8.07. The summed E-state index contributed by atoms with van der Waals surface area (Å²) in [6.45, 7) is 3.09. The highest BCUT2D eigenvalue weighted by atomic mass is 79.9. The van der Waals surface area contributed by atoms with Crippen LogP contribution in [0, 0.1) is 0 Å². The fourth-order valence-corrected chi connectivity index (χ4v) is 3.42. The summed E-state index contributed by atoms with van der Waals surface area (Å²) in [5, 5.41) is 4.83. The molecular formula is C14H16BrClN2O. The number of nitrogens with zero attached hydrogens (tertiary/aromatic N) is 2. The van der Waals surface area contributed by atoms with E-state index in [1.165, 1.54) is 5.56 Å². The summed E-state index contributed by atoms with van der Waals surface area (Å²) in [6, 6.07) is 8.09. The molecular weight excluding hydrogens is 328 g/mol. The molecule has 1 aromatic carbocycles. The monoisotopic (exact) mass is 342 g/mol. The largest absolute Gasteiger partial charge is 0.388 e. The smallest absolute Gasteiger partial charge is 0.146 e. The van der Waals surface area contributed by atoms with Crippen LogP contribution in [0.15, 0.2) is 29.4 Å². The highest BCUT2D eigenvalue weighted by molar-refractivity contribution is 9.18. The van der Waals surface area contributed by atoms with Gasteiger partial charge in [-0.3, -0.25) is 4.90 Å². The first-order valence-electron chi connectivity index (χ1n) is 6.53. The van der Waals surface area contributed by atoms with Gasteiger partial charge in [0.15, 0.2) is 0 Å². The van der Waals surface area contributed by atoms with E-state index in [-0.39, 0.29) is 5.60 Å². The van der Waals surface area contributed by atoms with Gasteiger partial charge in [0.05, 0.1) is 0 Å². The Morgan fingerprint density at radius 3 is 2.53 bits per heavy atom. The van der Waals surface area contributed by atoms with Gasteiger partial charge in [0.1, 0.15) is 10.2 Å². The topological polar surface area (TPSA) is 24.8 Å². The number of halogens is 2. The molecule has 1 spiro atoms. The maximum Gasteiger partial charge on any atom is 0.146 e. The third kappa shape index (κ3) is 3.12. The molecule has 0 N–H and O–H groups in total. The van der Waals surface area contributed by atoms with E-state index in [1.807, 2.05) is 12.1 Å². The molecule has 2 heterocycles. The predicted molar refractivity (Wildman–Crippen MR) is 80.8 cm³/mol. The first-order chi connectivity index (χ1) is 9.15.